The molecular formula is C15H22ClF3N2O. The van der Waals surface area contributed by atoms with E-state index in [9.17, 15) is 13.2 Å². The highest BCUT2D eigenvalue weighted by molar-refractivity contribution is 5.85. The summed E-state index contributed by atoms with van der Waals surface area (Å²) >= 11 is 0. The van der Waals surface area contributed by atoms with Gasteiger partial charge in [-0.05, 0) is 24.1 Å². The van der Waals surface area contributed by atoms with E-state index in [1.54, 1.807) is 12.1 Å². The molecule has 2 rings (SSSR count). The lowest BCUT2D eigenvalue weighted by molar-refractivity contribution is -0.139. The number of alkyl halides is 3. The molecule has 1 N–H and O–H groups in total. The van der Waals surface area contributed by atoms with Gasteiger partial charge in [-0.2, -0.15) is 13.2 Å². The lowest BCUT2D eigenvalue weighted by atomic mass is 9.96. The molecule has 0 amide bonds. The van der Waals surface area contributed by atoms with Crippen LogP contribution >= 0.6 is 12.4 Å². The molecule has 1 aliphatic rings. The van der Waals surface area contributed by atoms with Crippen molar-refractivity contribution < 1.29 is 17.9 Å². The van der Waals surface area contributed by atoms with Crippen LogP contribution in [0, 0.1) is 0 Å². The third kappa shape index (κ3) is 4.27. The molecule has 0 unspecified atom stereocenters. The smallest absolute Gasteiger partial charge is 0.416 e. The molecule has 7 heteroatoms. The van der Waals surface area contributed by atoms with Crippen molar-refractivity contribution in [3.63, 3.8) is 0 Å². The van der Waals surface area contributed by atoms with Crippen LogP contribution in [0.4, 0.5) is 13.2 Å². The van der Waals surface area contributed by atoms with Gasteiger partial charge in [-0.1, -0.05) is 13.0 Å². The third-order valence-corrected chi connectivity index (χ3v) is 3.90. The summed E-state index contributed by atoms with van der Waals surface area (Å²) < 4.78 is 45.0. The van der Waals surface area contributed by atoms with E-state index in [4.69, 9.17) is 4.74 Å². The van der Waals surface area contributed by atoms with Gasteiger partial charge in [0.1, 0.15) is 5.75 Å². The summed E-state index contributed by atoms with van der Waals surface area (Å²) in [5, 5.41) is 3.22. The summed E-state index contributed by atoms with van der Waals surface area (Å²) in [4.78, 5) is 2.12. The maximum Gasteiger partial charge on any atom is 0.416 e. The van der Waals surface area contributed by atoms with Crippen molar-refractivity contribution in [3.8, 4) is 5.75 Å². The van der Waals surface area contributed by atoms with E-state index in [1.807, 2.05) is 6.92 Å². The average Bonchev–Trinajstić information content (AvgIpc) is 2.48. The van der Waals surface area contributed by atoms with Crippen LogP contribution in [0.3, 0.4) is 0 Å². The molecule has 1 fully saturated rings. The number of methoxy groups -OCH3 is 1. The number of ether oxygens (including phenoxy) is 1. The Morgan fingerprint density at radius 2 is 1.91 bits per heavy atom. The lowest BCUT2D eigenvalue weighted by Gasteiger charge is -2.35. The Morgan fingerprint density at radius 1 is 1.27 bits per heavy atom. The lowest BCUT2D eigenvalue weighted by Crippen LogP contribution is -2.45. The standard InChI is InChI=1S/C15H21F3N2O.ClH/c1-3-14(20-8-6-19-7-9-20)12-5-4-11(21-2)10-13(12)15(16,17)18;/h4-5,10,14,19H,3,6-9H2,1-2H3;1H/t14-;/m0./s1. The average molecular weight is 339 g/mol. The molecule has 3 nitrogen and oxygen atoms in total. The van der Waals surface area contributed by atoms with Gasteiger partial charge in [0.05, 0.1) is 12.7 Å². The number of benzene rings is 1. The second kappa shape index (κ2) is 8.04. The zero-order valence-electron chi connectivity index (χ0n) is 12.7. The van der Waals surface area contributed by atoms with E-state index in [0.29, 0.717) is 12.0 Å². The number of rotatable bonds is 4. The van der Waals surface area contributed by atoms with Crippen molar-refractivity contribution in [1.29, 1.82) is 0 Å². The zero-order valence-corrected chi connectivity index (χ0v) is 13.6. The van der Waals surface area contributed by atoms with Crippen LogP contribution < -0.4 is 10.1 Å². The summed E-state index contributed by atoms with van der Waals surface area (Å²) in [6.45, 7) is 5.09. The monoisotopic (exact) mass is 338 g/mol. The molecule has 1 aromatic rings. The topological polar surface area (TPSA) is 24.5 Å². The molecule has 1 atom stereocenters. The summed E-state index contributed by atoms with van der Waals surface area (Å²) in [6.07, 6.45) is -3.72. The summed E-state index contributed by atoms with van der Waals surface area (Å²) in [7, 11) is 1.38. The molecule has 1 saturated heterocycles. The molecule has 0 bridgehead atoms. The molecule has 0 saturated carbocycles. The van der Waals surface area contributed by atoms with E-state index in [-0.39, 0.29) is 24.2 Å². The Kier molecular flexibility index (Phi) is 6.97. The highest BCUT2D eigenvalue weighted by atomic mass is 35.5. The zero-order chi connectivity index (χ0) is 15.5. The van der Waals surface area contributed by atoms with Crippen LogP contribution in [0.25, 0.3) is 0 Å². The van der Waals surface area contributed by atoms with Gasteiger partial charge in [-0.3, -0.25) is 4.90 Å². The Labute approximate surface area is 135 Å². The van der Waals surface area contributed by atoms with Gasteiger partial charge in [-0.15, -0.1) is 12.4 Å². The van der Waals surface area contributed by atoms with Gasteiger partial charge < -0.3 is 10.1 Å². The molecule has 0 aliphatic carbocycles. The van der Waals surface area contributed by atoms with E-state index in [1.165, 1.54) is 7.11 Å². The van der Waals surface area contributed by atoms with E-state index in [0.717, 1.165) is 32.2 Å². The van der Waals surface area contributed by atoms with E-state index >= 15 is 0 Å². The van der Waals surface area contributed by atoms with Crippen LogP contribution in [-0.4, -0.2) is 38.2 Å². The number of nitrogens with zero attached hydrogens (tertiary/aromatic N) is 1. The van der Waals surface area contributed by atoms with Gasteiger partial charge in [0.2, 0.25) is 0 Å². The van der Waals surface area contributed by atoms with Crippen LogP contribution in [0.2, 0.25) is 0 Å². The highest BCUT2D eigenvalue weighted by Crippen LogP contribution is 2.39. The quantitative estimate of drug-likeness (QED) is 0.909. The molecule has 0 spiro atoms. The molecule has 22 heavy (non-hydrogen) atoms. The maximum absolute atomic E-state index is 13.3. The number of hydrogen-bond acceptors (Lipinski definition) is 3. The predicted molar refractivity (Wildman–Crippen MR) is 82.7 cm³/mol. The van der Waals surface area contributed by atoms with Crippen molar-refractivity contribution in [2.45, 2.75) is 25.6 Å². The van der Waals surface area contributed by atoms with Gasteiger partial charge in [0.25, 0.3) is 0 Å². The summed E-state index contributed by atoms with van der Waals surface area (Å²) in [6, 6.07) is 4.04. The Morgan fingerprint density at radius 3 is 2.41 bits per heavy atom. The van der Waals surface area contributed by atoms with Crippen molar-refractivity contribution >= 4 is 12.4 Å². The summed E-state index contributed by atoms with van der Waals surface area (Å²) in [5.41, 5.74) is -0.250. The predicted octanol–water partition coefficient (Wildman–Crippen LogP) is 3.49. The Balaban J connectivity index is 0.00000242. The first-order chi connectivity index (χ1) is 9.97. The second-order valence-electron chi connectivity index (χ2n) is 5.16. The largest absolute Gasteiger partial charge is 0.497 e. The number of hydrogen-bond donors (Lipinski definition) is 1. The molecular weight excluding hydrogens is 317 g/mol. The number of piperazine rings is 1. The van der Waals surface area contributed by atoms with E-state index < -0.39 is 11.7 Å². The first-order valence-corrected chi connectivity index (χ1v) is 7.17. The fourth-order valence-electron chi connectivity index (χ4n) is 2.87. The van der Waals surface area contributed by atoms with Crippen molar-refractivity contribution in [2.24, 2.45) is 0 Å². The number of halogens is 4. The number of nitrogens with one attached hydrogen (secondary N) is 1. The highest BCUT2D eigenvalue weighted by Gasteiger charge is 2.36. The molecule has 0 aromatic heterocycles. The second-order valence-corrected chi connectivity index (χ2v) is 5.16. The van der Waals surface area contributed by atoms with Gasteiger partial charge >= 0.3 is 6.18 Å². The fourth-order valence-corrected chi connectivity index (χ4v) is 2.87. The SMILES string of the molecule is CC[C@@H](c1ccc(OC)cc1C(F)(F)F)N1CCNCC1.Cl. The molecule has 1 heterocycles. The van der Waals surface area contributed by atoms with Gasteiger partial charge in [0.15, 0.2) is 0 Å². The molecule has 126 valence electrons. The van der Waals surface area contributed by atoms with E-state index in [2.05, 4.69) is 10.2 Å². The maximum atomic E-state index is 13.3. The fraction of sp³-hybridized carbons (Fsp3) is 0.600. The van der Waals surface area contributed by atoms with Crippen molar-refractivity contribution in [1.82, 2.24) is 10.2 Å². The minimum atomic E-state index is -4.37. The first kappa shape index (κ1) is 19.1. The first-order valence-electron chi connectivity index (χ1n) is 7.17. The third-order valence-electron chi connectivity index (χ3n) is 3.90. The van der Waals surface area contributed by atoms with Crippen LogP contribution in [0.5, 0.6) is 5.75 Å². The van der Waals surface area contributed by atoms with Gasteiger partial charge in [-0.25, -0.2) is 0 Å². The van der Waals surface area contributed by atoms with Crippen LogP contribution in [0.1, 0.15) is 30.5 Å². The molecule has 1 aromatic carbocycles. The van der Waals surface area contributed by atoms with Gasteiger partial charge in [0, 0.05) is 32.2 Å². The molecule has 0 radical (unpaired) electrons. The van der Waals surface area contributed by atoms with Crippen LogP contribution in [0.15, 0.2) is 18.2 Å². The summed E-state index contributed by atoms with van der Waals surface area (Å²) in [5.74, 6) is 0.237. The Hall–Kier alpha value is -0.980. The minimum absolute atomic E-state index is 0. The van der Waals surface area contributed by atoms with Crippen LogP contribution in [-0.2, 0) is 6.18 Å². The van der Waals surface area contributed by atoms with Crippen molar-refractivity contribution in [3.05, 3.63) is 29.3 Å². The molecule has 1 aliphatic heterocycles. The van der Waals surface area contributed by atoms with Crippen molar-refractivity contribution in [2.75, 3.05) is 33.3 Å². The normalized spacial score (nSPS) is 17.7. The Bertz CT molecular complexity index is 476. The minimum Gasteiger partial charge on any atom is -0.497 e.